The molecule has 78 valence electrons. The Morgan fingerprint density at radius 1 is 1.38 bits per heavy atom. The molecule has 0 fully saturated rings. The summed E-state index contributed by atoms with van der Waals surface area (Å²) >= 11 is 2.43. The molecule has 13 heavy (non-hydrogen) atoms. The second-order valence-electron chi connectivity index (χ2n) is 2.53. The highest BCUT2D eigenvalue weighted by Gasteiger charge is 2.40. The lowest BCUT2D eigenvalue weighted by Gasteiger charge is -2.27. The van der Waals surface area contributed by atoms with Gasteiger partial charge in [0.15, 0.2) is 6.29 Å². The zero-order chi connectivity index (χ0) is 10.6. The third kappa shape index (κ3) is 3.29. The van der Waals surface area contributed by atoms with E-state index in [0.717, 1.165) is 0 Å². The van der Waals surface area contributed by atoms with E-state index in [9.17, 15) is 4.79 Å². The Morgan fingerprint density at radius 2 is 1.85 bits per heavy atom. The average molecular weight is 259 g/mol. The molecule has 0 aromatic carbocycles. The van der Waals surface area contributed by atoms with Crippen molar-refractivity contribution in [3.63, 3.8) is 0 Å². The van der Waals surface area contributed by atoms with Gasteiger partial charge in [0, 0.05) is 0 Å². The first-order chi connectivity index (χ1) is 5.86. The van der Waals surface area contributed by atoms with Crippen LogP contribution in [0.1, 0.15) is 0 Å². The second-order valence-corrected chi connectivity index (χ2v) is 3.80. The van der Waals surface area contributed by atoms with Crippen molar-refractivity contribution in [2.75, 3.05) is 6.61 Å². The van der Waals surface area contributed by atoms with Gasteiger partial charge in [-0.3, -0.25) is 4.79 Å². The van der Waals surface area contributed by atoms with Gasteiger partial charge in [-0.2, -0.15) is 0 Å². The summed E-state index contributed by atoms with van der Waals surface area (Å²) in [6.07, 6.45) is -5.41. The Hall–Kier alpha value is -0.0500. The molecule has 0 aromatic rings. The summed E-state index contributed by atoms with van der Waals surface area (Å²) in [5.41, 5.74) is 0. The van der Waals surface area contributed by atoms with E-state index in [4.69, 9.17) is 25.5 Å². The molecule has 0 rings (SSSR count). The van der Waals surface area contributed by atoms with E-state index < -0.39 is 29.4 Å². The summed E-state index contributed by atoms with van der Waals surface area (Å²) in [5, 5.41) is 44.4. The average Bonchev–Trinajstić information content (AvgIpc) is 2.14. The predicted molar refractivity (Wildman–Crippen MR) is 45.0 cm³/mol. The van der Waals surface area contributed by atoms with E-state index in [-0.39, 0.29) is 6.29 Å². The fraction of sp³-hybridized carbons (Fsp3) is 0.833. The van der Waals surface area contributed by atoms with Crippen molar-refractivity contribution in [2.24, 2.45) is 0 Å². The van der Waals surface area contributed by atoms with E-state index in [1.54, 1.807) is 0 Å². The molecule has 0 heterocycles. The highest BCUT2D eigenvalue weighted by molar-refractivity contribution is 9.10. The maximum Gasteiger partial charge on any atom is 0.203 e. The van der Waals surface area contributed by atoms with Gasteiger partial charge in [-0.1, -0.05) is 0 Å². The van der Waals surface area contributed by atoms with Gasteiger partial charge in [0.1, 0.15) is 18.3 Å². The number of alkyl halides is 1. The minimum atomic E-state index is -2.33. The standard InChI is InChI=1S/C6H11BrO6/c7-6(13,2-9)5(12)4(11)3(10)1-8/h2-5,8,10-13H,1H2/t3-,4-,5+,6+/m1/s1. The van der Waals surface area contributed by atoms with Crippen LogP contribution in [-0.4, -0.2) is 61.2 Å². The molecule has 0 spiro atoms. The van der Waals surface area contributed by atoms with Gasteiger partial charge in [-0.15, -0.1) is 0 Å². The van der Waals surface area contributed by atoms with Crippen LogP contribution in [0, 0.1) is 0 Å². The van der Waals surface area contributed by atoms with Crippen LogP contribution in [0.15, 0.2) is 0 Å². The van der Waals surface area contributed by atoms with Crippen molar-refractivity contribution in [1.29, 1.82) is 0 Å². The SMILES string of the molecule is O=C[C@@](O)(Br)[C@@H](O)[C@H](O)[C@H](O)CO. The number of aldehydes is 1. The summed E-state index contributed by atoms with van der Waals surface area (Å²) in [6, 6.07) is 0. The smallest absolute Gasteiger partial charge is 0.203 e. The molecule has 0 bridgehead atoms. The Morgan fingerprint density at radius 3 is 2.15 bits per heavy atom. The topological polar surface area (TPSA) is 118 Å². The minimum Gasteiger partial charge on any atom is -0.394 e. The van der Waals surface area contributed by atoms with Crippen molar-refractivity contribution < 1.29 is 30.3 Å². The molecule has 6 nitrogen and oxygen atoms in total. The fourth-order valence-electron chi connectivity index (χ4n) is 0.628. The zero-order valence-electron chi connectivity index (χ0n) is 6.54. The maximum absolute atomic E-state index is 10.2. The molecule has 0 amide bonds. The van der Waals surface area contributed by atoms with Gasteiger partial charge < -0.3 is 25.5 Å². The summed E-state index contributed by atoms with van der Waals surface area (Å²) < 4.78 is -2.33. The van der Waals surface area contributed by atoms with Gasteiger partial charge in [0.05, 0.1) is 6.61 Å². The second kappa shape index (κ2) is 4.99. The van der Waals surface area contributed by atoms with E-state index in [0.29, 0.717) is 0 Å². The monoisotopic (exact) mass is 258 g/mol. The molecule has 4 atom stereocenters. The summed E-state index contributed by atoms with van der Waals surface area (Å²) in [6.45, 7) is -0.792. The van der Waals surface area contributed by atoms with Gasteiger partial charge in [0.25, 0.3) is 0 Å². The van der Waals surface area contributed by atoms with Crippen LogP contribution < -0.4 is 0 Å². The molecule has 0 saturated heterocycles. The quantitative estimate of drug-likeness (QED) is 0.272. The van der Waals surface area contributed by atoms with Crippen molar-refractivity contribution in [2.45, 2.75) is 22.8 Å². The number of carbonyl (C=O) groups is 1. The number of halogens is 1. The van der Waals surface area contributed by atoms with Crippen LogP contribution in [-0.2, 0) is 4.79 Å². The lowest BCUT2D eigenvalue weighted by molar-refractivity contribution is -0.141. The molecule has 0 aliphatic heterocycles. The number of aliphatic hydroxyl groups is 5. The third-order valence-electron chi connectivity index (χ3n) is 1.48. The van der Waals surface area contributed by atoms with Gasteiger partial charge >= 0.3 is 0 Å². The van der Waals surface area contributed by atoms with Crippen LogP contribution in [0.2, 0.25) is 0 Å². The van der Waals surface area contributed by atoms with E-state index in [1.165, 1.54) is 0 Å². The van der Waals surface area contributed by atoms with Crippen LogP contribution in [0.4, 0.5) is 0 Å². The fourth-order valence-corrected chi connectivity index (χ4v) is 0.898. The van der Waals surface area contributed by atoms with Crippen molar-refractivity contribution >= 4 is 22.2 Å². The lowest BCUT2D eigenvalue weighted by Crippen LogP contribution is -2.51. The zero-order valence-corrected chi connectivity index (χ0v) is 8.12. The largest absolute Gasteiger partial charge is 0.394 e. The molecule has 5 N–H and O–H groups in total. The molecule has 0 aromatic heterocycles. The van der Waals surface area contributed by atoms with Crippen molar-refractivity contribution in [3.8, 4) is 0 Å². The highest BCUT2D eigenvalue weighted by Crippen LogP contribution is 2.20. The number of carbonyl (C=O) groups excluding carboxylic acids is 1. The normalized spacial score (nSPS) is 22.9. The van der Waals surface area contributed by atoms with E-state index in [1.807, 2.05) is 0 Å². The number of aliphatic hydroxyl groups excluding tert-OH is 4. The summed E-state index contributed by atoms with van der Waals surface area (Å²) in [4.78, 5) is 10.2. The Kier molecular flexibility index (Phi) is 4.97. The van der Waals surface area contributed by atoms with Gasteiger partial charge in [-0.05, 0) is 15.9 Å². The molecular formula is C6H11BrO6. The Bertz CT molecular complexity index is 173. The number of hydrogen-bond acceptors (Lipinski definition) is 6. The van der Waals surface area contributed by atoms with Crippen molar-refractivity contribution in [3.05, 3.63) is 0 Å². The van der Waals surface area contributed by atoms with Crippen LogP contribution in [0.5, 0.6) is 0 Å². The van der Waals surface area contributed by atoms with E-state index in [2.05, 4.69) is 15.9 Å². The maximum atomic E-state index is 10.2. The third-order valence-corrected chi connectivity index (χ3v) is 2.14. The first-order valence-electron chi connectivity index (χ1n) is 3.39. The predicted octanol–water partition coefficient (Wildman–Crippen LogP) is -2.66. The molecule has 7 heteroatoms. The molecule has 0 aliphatic rings. The molecular weight excluding hydrogens is 248 g/mol. The summed E-state index contributed by atoms with van der Waals surface area (Å²) in [5.74, 6) is 0. The molecule has 0 radical (unpaired) electrons. The first-order valence-corrected chi connectivity index (χ1v) is 4.18. The Labute approximate surface area is 82.6 Å². The minimum absolute atomic E-state index is 0.0367. The number of rotatable bonds is 5. The van der Waals surface area contributed by atoms with Gasteiger partial charge in [0.2, 0.25) is 4.51 Å². The van der Waals surface area contributed by atoms with E-state index >= 15 is 0 Å². The number of hydrogen-bond donors (Lipinski definition) is 5. The van der Waals surface area contributed by atoms with Gasteiger partial charge in [-0.25, -0.2) is 0 Å². The molecule has 0 saturated carbocycles. The molecule has 0 unspecified atom stereocenters. The summed E-state index contributed by atoms with van der Waals surface area (Å²) in [7, 11) is 0. The lowest BCUT2D eigenvalue weighted by atomic mass is 10.0. The molecule has 0 aliphatic carbocycles. The highest BCUT2D eigenvalue weighted by atomic mass is 79.9. The van der Waals surface area contributed by atoms with Crippen LogP contribution in [0.3, 0.4) is 0 Å². The van der Waals surface area contributed by atoms with Crippen LogP contribution in [0.25, 0.3) is 0 Å². The first kappa shape index (κ1) is 12.9. The van der Waals surface area contributed by atoms with Crippen LogP contribution >= 0.6 is 15.9 Å². The van der Waals surface area contributed by atoms with Crippen molar-refractivity contribution in [1.82, 2.24) is 0 Å². The Balaban J connectivity index is 4.40.